The Kier molecular flexibility index (Phi) is 4.43. The highest BCUT2D eigenvalue weighted by Gasteiger charge is 2.20. The third kappa shape index (κ3) is 2.85. The topological polar surface area (TPSA) is 9.23 Å². The maximum Gasteiger partial charge on any atom is 0.130 e. The summed E-state index contributed by atoms with van der Waals surface area (Å²) < 4.78 is 32.7. The summed E-state index contributed by atoms with van der Waals surface area (Å²) in [4.78, 5) is -0.392. The van der Waals surface area contributed by atoms with Crippen LogP contribution in [0.15, 0.2) is 30.3 Å². The van der Waals surface area contributed by atoms with Crippen LogP contribution in [0.2, 0.25) is 0 Å². The summed E-state index contributed by atoms with van der Waals surface area (Å²) in [5, 5.41) is 0. The van der Waals surface area contributed by atoms with E-state index < -0.39 is 16.5 Å². The number of hydrogen-bond acceptors (Lipinski definition) is 1. The number of halogens is 3. The highest BCUT2D eigenvalue weighted by atomic mass is 79.9. The largest absolute Gasteiger partial charge is 0.496 e. The van der Waals surface area contributed by atoms with Gasteiger partial charge in [0.05, 0.1) is 11.9 Å². The first-order valence-corrected chi connectivity index (χ1v) is 7.09. The van der Waals surface area contributed by atoms with E-state index in [0.717, 1.165) is 17.2 Å². The minimum Gasteiger partial charge on any atom is -0.496 e. The van der Waals surface area contributed by atoms with Gasteiger partial charge in [0.1, 0.15) is 17.4 Å². The van der Waals surface area contributed by atoms with Crippen LogP contribution in [-0.4, -0.2) is 7.11 Å². The lowest BCUT2D eigenvalue weighted by molar-refractivity contribution is 0.410. The molecule has 1 unspecified atom stereocenters. The van der Waals surface area contributed by atoms with Crippen molar-refractivity contribution in [2.45, 2.75) is 18.7 Å². The zero-order valence-corrected chi connectivity index (χ0v) is 13.1. The minimum atomic E-state index is -0.571. The molecule has 1 atom stereocenters. The molecule has 0 saturated carbocycles. The van der Waals surface area contributed by atoms with E-state index >= 15 is 0 Å². The molecule has 106 valence electrons. The molecule has 0 bridgehead atoms. The zero-order chi connectivity index (χ0) is 14.9. The van der Waals surface area contributed by atoms with Gasteiger partial charge in [0.15, 0.2) is 0 Å². The van der Waals surface area contributed by atoms with Gasteiger partial charge >= 0.3 is 0 Å². The van der Waals surface area contributed by atoms with E-state index in [1.165, 1.54) is 6.07 Å². The van der Waals surface area contributed by atoms with Crippen LogP contribution in [-0.2, 0) is 0 Å². The monoisotopic (exact) mass is 340 g/mol. The molecule has 2 aromatic rings. The number of benzene rings is 2. The molecule has 20 heavy (non-hydrogen) atoms. The highest BCUT2D eigenvalue weighted by Crippen LogP contribution is 2.38. The quantitative estimate of drug-likeness (QED) is 0.708. The number of alkyl halides is 1. The maximum absolute atomic E-state index is 14.0. The third-order valence-electron chi connectivity index (χ3n) is 3.21. The summed E-state index contributed by atoms with van der Waals surface area (Å²) in [5.41, 5.74) is 2.67. The fraction of sp³-hybridized carbons (Fsp3) is 0.250. The molecule has 0 heterocycles. The molecule has 4 heteroatoms. The van der Waals surface area contributed by atoms with Crippen molar-refractivity contribution < 1.29 is 13.5 Å². The van der Waals surface area contributed by atoms with Crippen molar-refractivity contribution in [2.24, 2.45) is 0 Å². The molecule has 0 aromatic heterocycles. The highest BCUT2D eigenvalue weighted by molar-refractivity contribution is 9.09. The lowest BCUT2D eigenvalue weighted by atomic mass is 10.00. The molecular weight excluding hydrogens is 326 g/mol. The van der Waals surface area contributed by atoms with Crippen molar-refractivity contribution in [1.82, 2.24) is 0 Å². The van der Waals surface area contributed by atoms with E-state index in [2.05, 4.69) is 15.9 Å². The van der Waals surface area contributed by atoms with Gasteiger partial charge in [-0.2, -0.15) is 0 Å². The first-order chi connectivity index (χ1) is 9.43. The van der Waals surface area contributed by atoms with Crippen LogP contribution in [0, 0.1) is 25.5 Å². The summed E-state index contributed by atoms with van der Waals surface area (Å²) in [6, 6.07) is 8.13. The first kappa shape index (κ1) is 15.0. The molecule has 0 aliphatic heterocycles. The molecule has 0 saturated heterocycles. The van der Waals surface area contributed by atoms with Crippen molar-refractivity contribution in [3.05, 3.63) is 64.2 Å². The van der Waals surface area contributed by atoms with Crippen molar-refractivity contribution in [3.63, 3.8) is 0 Å². The first-order valence-electron chi connectivity index (χ1n) is 6.18. The van der Waals surface area contributed by atoms with Gasteiger partial charge < -0.3 is 4.74 Å². The van der Waals surface area contributed by atoms with Gasteiger partial charge in [-0.05, 0) is 31.5 Å². The van der Waals surface area contributed by atoms with Crippen LogP contribution in [0.5, 0.6) is 5.75 Å². The number of hydrogen-bond donors (Lipinski definition) is 0. The summed E-state index contributed by atoms with van der Waals surface area (Å²) in [6.07, 6.45) is 0. The van der Waals surface area contributed by atoms with Crippen LogP contribution in [0.1, 0.15) is 27.1 Å². The van der Waals surface area contributed by atoms with E-state index in [9.17, 15) is 8.78 Å². The van der Waals surface area contributed by atoms with Crippen molar-refractivity contribution in [2.75, 3.05) is 7.11 Å². The Bertz CT molecular complexity index is 641. The molecule has 1 nitrogen and oxygen atoms in total. The molecule has 0 N–H and O–H groups in total. The van der Waals surface area contributed by atoms with E-state index in [1.54, 1.807) is 14.0 Å². The van der Waals surface area contributed by atoms with Crippen molar-refractivity contribution in [3.8, 4) is 5.75 Å². The summed E-state index contributed by atoms with van der Waals surface area (Å²) in [7, 11) is 1.57. The van der Waals surface area contributed by atoms with E-state index in [4.69, 9.17) is 4.74 Å². The fourth-order valence-electron chi connectivity index (χ4n) is 2.09. The second kappa shape index (κ2) is 5.92. The van der Waals surface area contributed by atoms with Gasteiger partial charge in [-0.15, -0.1) is 0 Å². The Morgan fingerprint density at radius 2 is 1.70 bits per heavy atom. The Morgan fingerprint density at radius 1 is 1.00 bits per heavy atom. The molecule has 0 spiro atoms. The Morgan fingerprint density at radius 3 is 2.35 bits per heavy atom. The van der Waals surface area contributed by atoms with Crippen LogP contribution >= 0.6 is 15.9 Å². The SMILES string of the molecule is COc1ccc(C)cc1C(Br)c1cc(C)c(F)cc1F. The smallest absolute Gasteiger partial charge is 0.130 e. The summed E-state index contributed by atoms with van der Waals surface area (Å²) in [5.74, 6) is -0.445. The van der Waals surface area contributed by atoms with Gasteiger partial charge in [0.2, 0.25) is 0 Å². The van der Waals surface area contributed by atoms with Crippen LogP contribution in [0.3, 0.4) is 0 Å². The van der Waals surface area contributed by atoms with Crippen LogP contribution in [0.25, 0.3) is 0 Å². The maximum atomic E-state index is 14.0. The second-order valence-corrected chi connectivity index (χ2v) is 5.65. The summed E-state index contributed by atoms with van der Waals surface area (Å²) in [6.45, 7) is 3.57. The summed E-state index contributed by atoms with van der Waals surface area (Å²) >= 11 is 3.49. The third-order valence-corrected chi connectivity index (χ3v) is 4.20. The van der Waals surface area contributed by atoms with Gasteiger partial charge in [0, 0.05) is 17.2 Å². The molecule has 0 amide bonds. The predicted octanol–water partition coefficient (Wildman–Crippen LogP) is 5.07. The molecule has 2 aromatic carbocycles. The second-order valence-electron chi connectivity index (χ2n) is 4.73. The van der Waals surface area contributed by atoms with Crippen LogP contribution < -0.4 is 4.74 Å². The standard InChI is InChI=1S/C16H15BrF2O/c1-9-4-5-15(20-3)12(6-9)16(17)11-7-10(2)13(18)8-14(11)19/h4-8,16H,1-3H3. The number of rotatable bonds is 3. The van der Waals surface area contributed by atoms with Gasteiger partial charge in [-0.25, -0.2) is 8.78 Å². The molecule has 0 aliphatic carbocycles. The fourth-order valence-corrected chi connectivity index (χ4v) is 2.80. The average molecular weight is 341 g/mol. The van der Waals surface area contributed by atoms with Crippen molar-refractivity contribution >= 4 is 15.9 Å². The Hall–Kier alpha value is -1.42. The minimum absolute atomic E-state index is 0.392. The number of aryl methyl sites for hydroxylation is 2. The lowest BCUT2D eigenvalue weighted by Crippen LogP contribution is -2.02. The van der Waals surface area contributed by atoms with E-state index in [0.29, 0.717) is 16.9 Å². The van der Waals surface area contributed by atoms with Gasteiger partial charge in [-0.3, -0.25) is 0 Å². The predicted molar refractivity (Wildman–Crippen MR) is 79.6 cm³/mol. The molecule has 0 aliphatic rings. The van der Waals surface area contributed by atoms with Crippen molar-refractivity contribution in [1.29, 1.82) is 0 Å². The lowest BCUT2D eigenvalue weighted by Gasteiger charge is -2.17. The van der Waals surface area contributed by atoms with Crippen LogP contribution in [0.4, 0.5) is 8.78 Å². The Balaban J connectivity index is 2.54. The van der Waals surface area contributed by atoms with Gasteiger partial charge in [-0.1, -0.05) is 33.6 Å². The molecule has 2 rings (SSSR count). The van der Waals surface area contributed by atoms with E-state index in [1.807, 2.05) is 25.1 Å². The number of ether oxygens (including phenoxy) is 1. The molecule has 0 radical (unpaired) electrons. The molecule has 0 fully saturated rings. The average Bonchev–Trinajstić information content (AvgIpc) is 2.42. The van der Waals surface area contributed by atoms with E-state index in [-0.39, 0.29) is 0 Å². The molecular formula is C16H15BrF2O. The number of methoxy groups -OCH3 is 1. The normalized spacial score (nSPS) is 12.3. The Labute approximate surface area is 125 Å². The van der Waals surface area contributed by atoms with Gasteiger partial charge in [0.25, 0.3) is 0 Å². The zero-order valence-electron chi connectivity index (χ0n) is 11.5.